The zero-order chi connectivity index (χ0) is 17.9. The SMILES string of the molecule is Cc1csc(NN=Cc2ccc(N3CCCCC3)c(C(F)(F)F)c2)n1. The van der Waals surface area contributed by atoms with Gasteiger partial charge in [0.1, 0.15) is 0 Å². The van der Waals surface area contributed by atoms with E-state index in [4.69, 9.17) is 0 Å². The van der Waals surface area contributed by atoms with Gasteiger partial charge in [0, 0.05) is 24.2 Å². The molecule has 0 amide bonds. The average Bonchev–Trinajstić information content (AvgIpc) is 3.00. The van der Waals surface area contributed by atoms with Gasteiger partial charge in [-0.05, 0) is 43.9 Å². The minimum atomic E-state index is -4.39. The first-order chi connectivity index (χ1) is 11.9. The van der Waals surface area contributed by atoms with Crippen LogP contribution in [-0.4, -0.2) is 24.3 Å². The molecule has 0 bridgehead atoms. The first kappa shape index (κ1) is 17.7. The molecule has 1 fully saturated rings. The van der Waals surface area contributed by atoms with E-state index in [-0.39, 0.29) is 5.69 Å². The van der Waals surface area contributed by atoms with Gasteiger partial charge in [0.25, 0.3) is 0 Å². The summed E-state index contributed by atoms with van der Waals surface area (Å²) < 4.78 is 40.4. The van der Waals surface area contributed by atoms with Crippen LogP contribution in [0.3, 0.4) is 0 Å². The summed E-state index contributed by atoms with van der Waals surface area (Å²) in [6.07, 6.45) is -0.0811. The maximum atomic E-state index is 13.5. The third-order valence-corrected chi connectivity index (χ3v) is 4.88. The molecule has 1 saturated heterocycles. The van der Waals surface area contributed by atoms with Crippen LogP contribution in [0.25, 0.3) is 0 Å². The molecule has 0 unspecified atom stereocenters. The van der Waals surface area contributed by atoms with Gasteiger partial charge in [-0.25, -0.2) is 4.98 Å². The third kappa shape index (κ3) is 4.50. The maximum absolute atomic E-state index is 13.5. The Morgan fingerprint density at radius 2 is 2.00 bits per heavy atom. The second-order valence-corrected chi connectivity index (χ2v) is 6.84. The van der Waals surface area contributed by atoms with Gasteiger partial charge in [0.2, 0.25) is 5.13 Å². The minimum absolute atomic E-state index is 0.257. The van der Waals surface area contributed by atoms with Crippen LogP contribution in [0.4, 0.5) is 24.0 Å². The molecule has 1 aromatic heterocycles. The molecule has 0 radical (unpaired) electrons. The number of aromatic nitrogens is 1. The number of hydrogen-bond donors (Lipinski definition) is 1. The van der Waals surface area contributed by atoms with E-state index >= 15 is 0 Å². The molecule has 1 N–H and O–H groups in total. The minimum Gasteiger partial charge on any atom is -0.371 e. The fourth-order valence-corrected chi connectivity index (χ4v) is 3.48. The number of aryl methyl sites for hydroxylation is 1. The number of halogens is 3. The van der Waals surface area contributed by atoms with Crippen molar-refractivity contribution in [3.63, 3.8) is 0 Å². The van der Waals surface area contributed by atoms with Crippen LogP contribution in [0.2, 0.25) is 0 Å². The molecule has 8 heteroatoms. The van der Waals surface area contributed by atoms with E-state index in [0.29, 0.717) is 23.8 Å². The molecule has 1 aliphatic rings. The van der Waals surface area contributed by atoms with Crippen molar-refractivity contribution in [2.45, 2.75) is 32.4 Å². The maximum Gasteiger partial charge on any atom is 0.418 e. The van der Waals surface area contributed by atoms with Crippen molar-refractivity contribution in [3.8, 4) is 0 Å². The van der Waals surface area contributed by atoms with E-state index < -0.39 is 11.7 Å². The van der Waals surface area contributed by atoms with Crippen molar-refractivity contribution in [3.05, 3.63) is 40.4 Å². The lowest BCUT2D eigenvalue weighted by Gasteiger charge is -2.31. The summed E-state index contributed by atoms with van der Waals surface area (Å²) in [5.74, 6) is 0. The molecule has 2 heterocycles. The zero-order valence-electron chi connectivity index (χ0n) is 13.8. The van der Waals surface area contributed by atoms with Gasteiger partial charge in [-0.15, -0.1) is 11.3 Å². The number of alkyl halides is 3. The highest BCUT2D eigenvalue weighted by molar-refractivity contribution is 7.13. The van der Waals surface area contributed by atoms with E-state index in [9.17, 15) is 13.2 Å². The van der Waals surface area contributed by atoms with Crippen LogP contribution >= 0.6 is 11.3 Å². The molecule has 1 aromatic carbocycles. The largest absolute Gasteiger partial charge is 0.418 e. The number of nitrogens with zero attached hydrogens (tertiary/aromatic N) is 3. The van der Waals surface area contributed by atoms with E-state index in [1.165, 1.54) is 17.6 Å². The molecule has 134 valence electrons. The van der Waals surface area contributed by atoms with E-state index in [0.717, 1.165) is 31.0 Å². The first-order valence-electron chi connectivity index (χ1n) is 8.11. The van der Waals surface area contributed by atoms with Gasteiger partial charge in [0.15, 0.2) is 0 Å². The molecule has 0 spiro atoms. The summed E-state index contributed by atoms with van der Waals surface area (Å²) in [5.41, 5.74) is 3.65. The molecular formula is C17H19F3N4S. The number of nitrogens with one attached hydrogen (secondary N) is 1. The lowest BCUT2D eigenvalue weighted by Crippen LogP contribution is -2.31. The predicted molar refractivity (Wildman–Crippen MR) is 95.6 cm³/mol. The van der Waals surface area contributed by atoms with Gasteiger partial charge in [-0.1, -0.05) is 6.07 Å². The molecular weight excluding hydrogens is 349 g/mol. The van der Waals surface area contributed by atoms with Crippen LogP contribution in [0.5, 0.6) is 0 Å². The van der Waals surface area contributed by atoms with Gasteiger partial charge in [-0.3, -0.25) is 5.43 Å². The lowest BCUT2D eigenvalue weighted by molar-refractivity contribution is -0.137. The van der Waals surface area contributed by atoms with Gasteiger partial charge in [0.05, 0.1) is 17.5 Å². The molecule has 0 saturated carbocycles. The molecule has 3 rings (SSSR count). The Morgan fingerprint density at radius 3 is 2.64 bits per heavy atom. The lowest BCUT2D eigenvalue weighted by atomic mass is 10.0. The highest BCUT2D eigenvalue weighted by Gasteiger charge is 2.35. The predicted octanol–water partition coefficient (Wildman–Crippen LogP) is 4.91. The van der Waals surface area contributed by atoms with Crippen molar-refractivity contribution >= 4 is 28.4 Å². The third-order valence-electron chi connectivity index (χ3n) is 4.02. The number of rotatable bonds is 4. The number of benzene rings is 1. The van der Waals surface area contributed by atoms with E-state index in [2.05, 4.69) is 15.5 Å². The van der Waals surface area contributed by atoms with Gasteiger partial charge in [-0.2, -0.15) is 18.3 Å². The normalized spacial score (nSPS) is 15.8. The van der Waals surface area contributed by atoms with Crippen molar-refractivity contribution in [1.82, 2.24) is 4.98 Å². The standard InChI is InChI=1S/C17H19F3N4S/c1-12-11-25-16(22-12)23-21-10-13-5-6-15(14(9-13)17(18,19)20)24-7-3-2-4-8-24/h5-6,9-11H,2-4,7-8H2,1H3,(H,22,23). The van der Waals surface area contributed by atoms with Crippen molar-refractivity contribution in [1.29, 1.82) is 0 Å². The Bertz CT molecular complexity index is 749. The summed E-state index contributed by atoms with van der Waals surface area (Å²) >= 11 is 1.39. The molecule has 0 aliphatic carbocycles. The fraction of sp³-hybridized carbons (Fsp3) is 0.412. The first-order valence-corrected chi connectivity index (χ1v) is 8.99. The highest BCUT2D eigenvalue weighted by Crippen LogP contribution is 2.38. The van der Waals surface area contributed by atoms with E-state index in [1.807, 2.05) is 17.2 Å². The van der Waals surface area contributed by atoms with Crippen LogP contribution < -0.4 is 10.3 Å². The Kier molecular flexibility index (Phi) is 5.27. The Hall–Kier alpha value is -2.09. The van der Waals surface area contributed by atoms with Crippen molar-refractivity contribution in [2.75, 3.05) is 23.4 Å². The molecule has 25 heavy (non-hydrogen) atoms. The molecule has 2 aromatic rings. The zero-order valence-corrected chi connectivity index (χ0v) is 14.6. The number of hydrogen-bond acceptors (Lipinski definition) is 5. The number of hydrazone groups is 1. The molecule has 4 nitrogen and oxygen atoms in total. The second kappa shape index (κ2) is 7.43. The topological polar surface area (TPSA) is 40.5 Å². The molecule has 0 atom stereocenters. The Balaban J connectivity index is 1.81. The number of piperidine rings is 1. The Morgan fingerprint density at radius 1 is 1.24 bits per heavy atom. The van der Waals surface area contributed by atoms with Crippen molar-refractivity contribution in [2.24, 2.45) is 5.10 Å². The summed E-state index contributed by atoms with van der Waals surface area (Å²) in [6.45, 7) is 3.20. The fourth-order valence-electron chi connectivity index (χ4n) is 2.84. The summed E-state index contributed by atoms with van der Waals surface area (Å²) in [7, 11) is 0. The summed E-state index contributed by atoms with van der Waals surface area (Å²) in [5, 5.41) is 6.46. The van der Waals surface area contributed by atoms with Crippen LogP contribution in [0.15, 0.2) is 28.7 Å². The highest BCUT2D eigenvalue weighted by atomic mass is 32.1. The molecule has 1 aliphatic heterocycles. The summed E-state index contributed by atoms with van der Waals surface area (Å²) in [6, 6.07) is 4.36. The smallest absolute Gasteiger partial charge is 0.371 e. The Labute approximate surface area is 148 Å². The number of anilines is 2. The quantitative estimate of drug-likeness (QED) is 0.616. The van der Waals surface area contributed by atoms with Gasteiger partial charge < -0.3 is 4.90 Å². The van der Waals surface area contributed by atoms with Crippen LogP contribution in [0, 0.1) is 6.92 Å². The average molecular weight is 368 g/mol. The summed E-state index contributed by atoms with van der Waals surface area (Å²) in [4.78, 5) is 6.00. The second-order valence-electron chi connectivity index (χ2n) is 5.99. The van der Waals surface area contributed by atoms with Crippen LogP contribution in [-0.2, 0) is 6.18 Å². The van der Waals surface area contributed by atoms with E-state index in [1.54, 1.807) is 12.1 Å². The van der Waals surface area contributed by atoms with Crippen molar-refractivity contribution < 1.29 is 13.2 Å². The monoisotopic (exact) mass is 368 g/mol. The van der Waals surface area contributed by atoms with Crippen LogP contribution in [0.1, 0.15) is 36.1 Å². The van der Waals surface area contributed by atoms with Gasteiger partial charge >= 0.3 is 6.18 Å². The number of thiazole rings is 1.